The summed E-state index contributed by atoms with van der Waals surface area (Å²) in [5, 5.41) is 2.49. The van der Waals surface area contributed by atoms with Crippen LogP contribution in [-0.4, -0.2) is 65.3 Å². The molecule has 5 amide bonds. The topological polar surface area (TPSA) is 113 Å². The zero-order chi connectivity index (χ0) is 20.5. The molecule has 152 valence electrons. The van der Waals surface area contributed by atoms with E-state index in [2.05, 4.69) is 5.32 Å². The molecule has 29 heavy (non-hydrogen) atoms. The molecule has 4 rings (SSSR count). The predicted octanol–water partition coefficient (Wildman–Crippen LogP) is 1.32. The maximum absolute atomic E-state index is 12.8. The Kier molecular flexibility index (Phi) is 5.04. The van der Waals surface area contributed by atoms with Crippen molar-refractivity contribution < 1.29 is 28.7 Å². The number of amides is 5. The molecule has 1 aromatic carbocycles. The lowest BCUT2D eigenvalue weighted by molar-refractivity contribution is -0.130. The van der Waals surface area contributed by atoms with Crippen molar-refractivity contribution in [3.05, 3.63) is 34.9 Å². The van der Waals surface area contributed by atoms with E-state index in [1.165, 1.54) is 23.1 Å². The van der Waals surface area contributed by atoms with Crippen molar-refractivity contribution in [2.45, 2.75) is 38.1 Å². The molecule has 0 bridgehead atoms. The molecule has 0 atom stereocenters. The van der Waals surface area contributed by atoms with Crippen LogP contribution in [0.2, 0.25) is 0 Å². The highest BCUT2D eigenvalue weighted by molar-refractivity contribution is 6.22. The molecule has 0 aromatic heterocycles. The Morgan fingerprint density at radius 2 is 1.76 bits per heavy atom. The SMILES string of the molecule is O=C(OCC(=O)N1CCNC1=O)c1ccc2c(c1)C(=O)N(C1CCCCC1)C2=O. The van der Waals surface area contributed by atoms with E-state index < -0.39 is 30.4 Å². The molecule has 1 saturated carbocycles. The lowest BCUT2D eigenvalue weighted by atomic mass is 9.94. The number of benzene rings is 1. The van der Waals surface area contributed by atoms with Gasteiger partial charge in [0.25, 0.3) is 17.7 Å². The molecule has 3 aliphatic rings. The van der Waals surface area contributed by atoms with Crippen LogP contribution in [0, 0.1) is 0 Å². The van der Waals surface area contributed by atoms with E-state index in [4.69, 9.17) is 4.74 Å². The van der Waals surface area contributed by atoms with Crippen LogP contribution in [-0.2, 0) is 9.53 Å². The average Bonchev–Trinajstić information content (AvgIpc) is 3.27. The molecule has 2 fully saturated rings. The number of nitrogens with zero attached hydrogens (tertiary/aromatic N) is 2. The highest BCUT2D eigenvalue weighted by Gasteiger charge is 2.40. The van der Waals surface area contributed by atoms with E-state index in [9.17, 15) is 24.0 Å². The Morgan fingerprint density at radius 1 is 1.03 bits per heavy atom. The fourth-order valence-corrected chi connectivity index (χ4v) is 4.06. The van der Waals surface area contributed by atoms with Crippen molar-refractivity contribution in [1.29, 1.82) is 0 Å². The Hall–Kier alpha value is -3.23. The maximum Gasteiger partial charge on any atom is 0.338 e. The van der Waals surface area contributed by atoms with Crippen molar-refractivity contribution in [2.24, 2.45) is 0 Å². The fraction of sp³-hybridized carbons (Fsp3) is 0.450. The number of fused-ring (bicyclic) bond motifs is 1. The van der Waals surface area contributed by atoms with Crippen molar-refractivity contribution in [1.82, 2.24) is 15.1 Å². The van der Waals surface area contributed by atoms with Gasteiger partial charge in [0, 0.05) is 19.1 Å². The highest BCUT2D eigenvalue weighted by Crippen LogP contribution is 2.31. The molecule has 2 aliphatic heterocycles. The number of hydrogen-bond donors (Lipinski definition) is 1. The van der Waals surface area contributed by atoms with Gasteiger partial charge < -0.3 is 10.1 Å². The van der Waals surface area contributed by atoms with Gasteiger partial charge in [0.1, 0.15) is 0 Å². The van der Waals surface area contributed by atoms with Gasteiger partial charge in [0.2, 0.25) is 0 Å². The summed E-state index contributed by atoms with van der Waals surface area (Å²) < 4.78 is 5.00. The number of carbonyl (C=O) groups excluding carboxylic acids is 5. The van der Waals surface area contributed by atoms with Crippen molar-refractivity contribution in [2.75, 3.05) is 19.7 Å². The zero-order valence-electron chi connectivity index (χ0n) is 15.8. The maximum atomic E-state index is 12.8. The van der Waals surface area contributed by atoms with E-state index in [0.29, 0.717) is 6.54 Å². The number of hydrogen-bond acceptors (Lipinski definition) is 6. The average molecular weight is 399 g/mol. The molecular formula is C20H21N3O6. The van der Waals surface area contributed by atoms with Crippen LogP contribution in [0.25, 0.3) is 0 Å². The monoisotopic (exact) mass is 399 g/mol. The van der Waals surface area contributed by atoms with Gasteiger partial charge in [-0.25, -0.2) is 9.59 Å². The summed E-state index contributed by atoms with van der Waals surface area (Å²) in [6.45, 7) is 0.00304. The second kappa shape index (κ2) is 7.65. The lowest BCUT2D eigenvalue weighted by Crippen LogP contribution is -2.40. The third-order valence-electron chi connectivity index (χ3n) is 5.58. The molecule has 1 saturated heterocycles. The molecule has 2 heterocycles. The Labute approximate surface area is 167 Å². The van der Waals surface area contributed by atoms with E-state index in [1.54, 1.807) is 0 Å². The zero-order valence-corrected chi connectivity index (χ0v) is 15.8. The van der Waals surface area contributed by atoms with Gasteiger partial charge in [-0.1, -0.05) is 19.3 Å². The number of nitrogens with one attached hydrogen (secondary N) is 1. The van der Waals surface area contributed by atoms with Crippen LogP contribution in [0.4, 0.5) is 4.79 Å². The summed E-state index contributed by atoms with van der Waals surface area (Å²) in [4.78, 5) is 63.5. The molecule has 1 N–H and O–H groups in total. The quantitative estimate of drug-likeness (QED) is 0.604. The lowest BCUT2D eigenvalue weighted by Gasteiger charge is -2.29. The third-order valence-corrected chi connectivity index (χ3v) is 5.58. The molecule has 1 aliphatic carbocycles. The van der Waals surface area contributed by atoms with Gasteiger partial charge >= 0.3 is 12.0 Å². The number of carbonyl (C=O) groups is 5. The number of imide groups is 2. The van der Waals surface area contributed by atoms with E-state index >= 15 is 0 Å². The first-order chi connectivity index (χ1) is 14.0. The van der Waals surface area contributed by atoms with Gasteiger partial charge in [0.15, 0.2) is 6.61 Å². The van der Waals surface area contributed by atoms with E-state index in [0.717, 1.165) is 37.0 Å². The first-order valence-corrected chi connectivity index (χ1v) is 9.74. The van der Waals surface area contributed by atoms with Gasteiger partial charge in [-0.05, 0) is 31.0 Å². The van der Waals surface area contributed by atoms with Crippen LogP contribution >= 0.6 is 0 Å². The van der Waals surface area contributed by atoms with Crippen molar-refractivity contribution in [3.63, 3.8) is 0 Å². The van der Waals surface area contributed by atoms with E-state index in [-0.39, 0.29) is 35.2 Å². The molecular weight excluding hydrogens is 378 g/mol. The van der Waals surface area contributed by atoms with Crippen LogP contribution in [0.1, 0.15) is 63.2 Å². The smallest absolute Gasteiger partial charge is 0.338 e. The summed E-state index contributed by atoms with van der Waals surface area (Å²) in [6, 6.07) is 3.58. The first kappa shape index (κ1) is 19.1. The molecule has 0 radical (unpaired) electrons. The number of rotatable bonds is 4. The summed E-state index contributed by atoms with van der Waals surface area (Å²) in [6.07, 6.45) is 4.67. The van der Waals surface area contributed by atoms with Gasteiger partial charge in [-0.3, -0.25) is 24.2 Å². The van der Waals surface area contributed by atoms with Crippen molar-refractivity contribution >= 4 is 29.7 Å². The summed E-state index contributed by atoms with van der Waals surface area (Å²) in [5.41, 5.74) is 0.538. The highest BCUT2D eigenvalue weighted by atomic mass is 16.5. The Bertz CT molecular complexity index is 905. The third kappa shape index (κ3) is 3.48. The van der Waals surface area contributed by atoms with Crippen LogP contribution in [0.5, 0.6) is 0 Å². The minimum atomic E-state index is -0.794. The Morgan fingerprint density at radius 3 is 2.45 bits per heavy atom. The first-order valence-electron chi connectivity index (χ1n) is 9.74. The number of esters is 1. The van der Waals surface area contributed by atoms with Crippen LogP contribution in [0.3, 0.4) is 0 Å². The second-order valence-corrected chi connectivity index (χ2v) is 7.39. The van der Waals surface area contributed by atoms with Gasteiger partial charge in [0.05, 0.1) is 16.7 Å². The largest absolute Gasteiger partial charge is 0.452 e. The second-order valence-electron chi connectivity index (χ2n) is 7.39. The summed E-state index contributed by atoms with van der Waals surface area (Å²) in [5.74, 6) is -2.13. The Balaban J connectivity index is 1.45. The predicted molar refractivity (Wildman–Crippen MR) is 99.2 cm³/mol. The molecule has 0 unspecified atom stereocenters. The molecule has 9 nitrogen and oxygen atoms in total. The van der Waals surface area contributed by atoms with Crippen LogP contribution in [0.15, 0.2) is 18.2 Å². The van der Waals surface area contributed by atoms with Gasteiger partial charge in [-0.15, -0.1) is 0 Å². The molecule has 1 aromatic rings. The standard InChI is InChI=1S/C20H21N3O6/c24-16(22-9-8-21-20(22)28)11-29-19(27)12-6-7-14-15(10-12)18(26)23(17(14)25)13-4-2-1-3-5-13/h6-7,10,13H,1-5,8-9,11H2,(H,21,28). The minimum Gasteiger partial charge on any atom is -0.452 e. The van der Waals surface area contributed by atoms with Gasteiger partial charge in [-0.2, -0.15) is 0 Å². The molecule has 9 heteroatoms. The molecule has 0 spiro atoms. The van der Waals surface area contributed by atoms with Crippen molar-refractivity contribution in [3.8, 4) is 0 Å². The number of urea groups is 1. The fourth-order valence-electron chi connectivity index (χ4n) is 4.06. The summed E-state index contributed by atoms with van der Waals surface area (Å²) >= 11 is 0. The van der Waals surface area contributed by atoms with Crippen LogP contribution < -0.4 is 5.32 Å². The minimum absolute atomic E-state index is 0.0778. The van der Waals surface area contributed by atoms with E-state index in [1.807, 2.05) is 0 Å². The summed E-state index contributed by atoms with van der Waals surface area (Å²) in [7, 11) is 0. The number of ether oxygens (including phenoxy) is 1. The normalized spacial score (nSPS) is 19.4.